The van der Waals surface area contributed by atoms with E-state index in [0.717, 1.165) is 6.26 Å². The molecule has 0 aliphatic carbocycles. The van der Waals surface area contributed by atoms with E-state index in [-0.39, 0.29) is 25.1 Å². The Labute approximate surface area is 119 Å². The lowest BCUT2D eigenvalue weighted by molar-refractivity contribution is -0.302. The predicted molar refractivity (Wildman–Crippen MR) is 70.5 cm³/mol. The predicted octanol–water partition coefficient (Wildman–Crippen LogP) is 0.826. The zero-order chi connectivity index (χ0) is 15.4. The molecule has 7 nitrogen and oxygen atoms in total. The molecule has 118 valence electrons. The quantitative estimate of drug-likeness (QED) is 0.530. The minimum absolute atomic E-state index is 0.0923. The highest BCUT2D eigenvalue weighted by Gasteiger charge is 2.37. The molecule has 0 amide bonds. The summed E-state index contributed by atoms with van der Waals surface area (Å²) < 4.78 is 42.8. The molecule has 0 aromatic carbocycles. The zero-order valence-corrected chi connectivity index (χ0v) is 13.1. The molecule has 1 rings (SSSR count). The maximum atomic E-state index is 11.5. The topological polar surface area (TPSA) is 88.1 Å². The van der Waals surface area contributed by atoms with Gasteiger partial charge >= 0.3 is 5.97 Å². The molecule has 8 heteroatoms. The Hall–Kier alpha value is -0.700. The van der Waals surface area contributed by atoms with Crippen LogP contribution in [0.2, 0.25) is 0 Å². The van der Waals surface area contributed by atoms with Crippen molar-refractivity contribution in [3.63, 3.8) is 0 Å². The zero-order valence-electron chi connectivity index (χ0n) is 12.2. The maximum Gasteiger partial charge on any atom is 0.308 e. The molecule has 0 saturated carbocycles. The fraction of sp³-hybridized carbons (Fsp3) is 0.917. The van der Waals surface area contributed by atoms with Crippen LogP contribution in [0.15, 0.2) is 0 Å². The van der Waals surface area contributed by atoms with Gasteiger partial charge in [-0.05, 0) is 20.8 Å². The van der Waals surface area contributed by atoms with Crippen molar-refractivity contribution in [1.82, 2.24) is 0 Å². The van der Waals surface area contributed by atoms with Crippen molar-refractivity contribution in [2.45, 2.75) is 51.6 Å². The summed E-state index contributed by atoms with van der Waals surface area (Å²) in [5.74, 6) is -1.25. The van der Waals surface area contributed by atoms with Crippen LogP contribution < -0.4 is 0 Å². The van der Waals surface area contributed by atoms with Crippen LogP contribution in [-0.4, -0.2) is 51.9 Å². The van der Waals surface area contributed by atoms with E-state index in [9.17, 15) is 13.2 Å². The molecule has 1 saturated heterocycles. The van der Waals surface area contributed by atoms with Gasteiger partial charge in [-0.3, -0.25) is 8.98 Å². The van der Waals surface area contributed by atoms with Crippen molar-refractivity contribution in [1.29, 1.82) is 0 Å². The summed E-state index contributed by atoms with van der Waals surface area (Å²) in [5.41, 5.74) is 0. The molecule has 1 fully saturated rings. The number of hydrogen-bond donors (Lipinski definition) is 0. The molecule has 1 aliphatic rings. The van der Waals surface area contributed by atoms with Gasteiger partial charge in [0.1, 0.15) is 0 Å². The maximum absolute atomic E-state index is 11.5. The second-order valence-corrected chi connectivity index (χ2v) is 6.76. The number of ether oxygens (including phenoxy) is 3. The molecule has 0 aromatic rings. The molecule has 20 heavy (non-hydrogen) atoms. The van der Waals surface area contributed by atoms with Gasteiger partial charge in [0.2, 0.25) is 0 Å². The lowest BCUT2D eigenvalue weighted by atomic mass is 10.1. The molecule has 0 aromatic heterocycles. The monoisotopic (exact) mass is 310 g/mol. The fourth-order valence-electron chi connectivity index (χ4n) is 2.05. The Morgan fingerprint density at radius 3 is 2.45 bits per heavy atom. The van der Waals surface area contributed by atoms with Gasteiger partial charge in [0.15, 0.2) is 5.79 Å². The molecule has 1 heterocycles. The van der Waals surface area contributed by atoms with E-state index in [4.69, 9.17) is 18.4 Å². The van der Waals surface area contributed by atoms with E-state index in [0.29, 0.717) is 13.0 Å². The molecule has 0 radical (unpaired) electrons. The van der Waals surface area contributed by atoms with Crippen LogP contribution in [-0.2, 0) is 33.3 Å². The van der Waals surface area contributed by atoms with E-state index in [2.05, 4.69) is 0 Å². The Bertz CT molecular complexity index is 429. The largest absolute Gasteiger partial charge is 0.466 e. The Morgan fingerprint density at radius 2 is 1.90 bits per heavy atom. The molecule has 2 atom stereocenters. The summed E-state index contributed by atoms with van der Waals surface area (Å²) in [5, 5.41) is 0. The normalized spacial score (nSPS) is 26.2. The van der Waals surface area contributed by atoms with Gasteiger partial charge in [0.05, 0.1) is 38.1 Å². The highest BCUT2D eigenvalue weighted by Crippen LogP contribution is 2.28. The molecule has 0 unspecified atom stereocenters. The van der Waals surface area contributed by atoms with Crippen molar-refractivity contribution < 1.29 is 31.6 Å². The highest BCUT2D eigenvalue weighted by molar-refractivity contribution is 7.85. The summed E-state index contributed by atoms with van der Waals surface area (Å²) in [6, 6.07) is 0. The first-order valence-electron chi connectivity index (χ1n) is 6.47. The third kappa shape index (κ3) is 6.65. The number of hydrogen-bond acceptors (Lipinski definition) is 7. The molecular formula is C12H22O7S. The summed E-state index contributed by atoms with van der Waals surface area (Å²) in [4.78, 5) is 11.5. The van der Waals surface area contributed by atoms with E-state index in [1.54, 1.807) is 20.8 Å². The van der Waals surface area contributed by atoms with Gasteiger partial charge in [-0.2, -0.15) is 8.42 Å². The summed E-state index contributed by atoms with van der Waals surface area (Å²) in [6.45, 7) is 5.36. The molecule has 1 aliphatic heterocycles. The fourth-order valence-corrected chi connectivity index (χ4v) is 2.45. The molecule has 0 N–H and O–H groups in total. The van der Waals surface area contributed by atoms with Crippen LogP contribution in [0.4, 0.5) is 0 Å². The number of esters is 1. The van der Waals surface area contributed by atoms with Crippen LogP contribution in [0.1, 0.15) is 33.6 Å². The van der Waals surface area contributed by atoms with Gasteiger partial charge in [-0.1, -0.05) is 0 Å². The third-order valence-electron chi connectivity index (χ3n) is 2.59. The van der Waals surface area contributed by atoms with Crippen LogP contribution in [0.5, 0.6) is 0 Å². The minimum atomic E-state index is -3.52. The van der Waals surface area contributed by atoms with Gasteiger partial charge in [-0.15, -0.1) is 0 Å². The lowest BCUT2D eigenvalue weighted by Crippen LogP contribution is -2.47. The first kappa shape index (κ1) is 17.4. The minimum Gasteiger partial charge on any atom is -0.466 e. The summed E-state index contributed by atoms with van der Waals surface area (Å²) >= 11 is 0. The smallest absolute Gasteiger partial charge is 0.308 e. The van der Waals surface area contributed by atoms with E-state index >= 15 is 0 Å². The molecule has 0 spiro atoms. The summed E-state index contributed by atoms with van der Waals surface area (Å²) in [6.07, 6.45) is 0.625. The third-order valence-corrected chi connectivity index (χ3v) is 3.16. The lowest BCUT2D eigenvalue weighted by Gasteiger charge is -2.40. The Kier molecular flexibility index (Phi) is 5.93. The SMILES string of the molecule is CCOC(=O)C[C@H]1C[C@@H](COS(C)(=O)=O)OC(C)(C)O1. The summed E-state index contributed by atoms with van der Waals surface area (Å²) in [7, 11) is -3.52. The van der Waals surface area contributed by atoms with Crippen LogP contribution >= 0.6 is 0 Å². The van der Waals surface area contributed by atoms with Gasteiger partial charge in [-0.25, -0.2) is 0 Å². The highest BCUT2D eigenvalue weighted by atomic mass is 32.2. The number of rotatable bonds is 6. The second-order valence-electron chi connectivity index (χ2n) is 5.11. The second kappa shape index (κ2) is 6.84. The van der Waals surface area contributed by atoms with E-state index < -0.39 is 22.0 Å². The van der Waals surface area contributed by atoms with Crippen LogP contribution in [0, 0.1) is 0 Å². The number of carbonyl (C=O) groups is 1. The van der Waals surface area contributed by atoms with Crippen LogP contribution in [0.25, 0.3) is 0 Å². The average Bonchev–Trinajstić information content (AvgIpc) is 2.23. The Balaban J connectivity index is 2.58. The van der Waals surface area contributed by atoms with Gasteiger partial charge in [0.25, 0.3) is 10.1 Å². The Morgan fingerprint density at radius 1 is 1.30 bits per heavy atom. The van der Waals surface area contributed by atoms with Crippen molar-refractivity contribution in [2.75, 3.05) is 19.5 Å². The van der Waals surface area contributed by atoms with Crippen LogP contribution in [0.3, 0.4) is 0 Å². The molecule has 0 bridgehead atoms. The average molecular weight is 310 g/mol. The first-order chi connectivity index (χ1) is 9.11. The van der Waals surface area contributed by atoms with Crippen molar-refractivity contribution >= 4 is 16.1 Å². The van der Waals surface area contributed by atoms with Gasteiger partial charge < -0.3 is 14.2 Å². The van der Waals surface area contributed by atoms with Gasteiger partial charge in [0, 0.05) is 6.42 Å². The first-order valence-corrected chi connectivity index (χ1v) is 8.28. The van der Waals surface area contributed by atoms with Crippen molar-refractivity contribution in [3.05, 3.63) is 0 Å². The van der Waals surface area contributed by atoms with E-state index in [1.807, 2.05) is 0 Å². The van der Waals surface area contributed by atoms with Crippen molar-refractivity contribution in [3.8, 4) is 0 Å². The standard InChI is InChI=1S/C12H22O7S/c1-5-16-11(13)7-9-6-10(8-17-20(4,14)15)19-12(2,3)18-9/h9-10H,5-8H2,1-4H3/t9-,10+/m1/s1. The number of carbonyl (C=O) groups excluding carboxylic acids is 1. The van der Waals surface area contributed by atoms with E-state index in [1.165, 1.54) is 0 Å². The van der Waals surface area contributed by atoms with Crippen molar-refractivity contribution in [2.24, 2.45) is 0 Å². The molecular weight excluding hydrogens is 288 g/mol.